The molecule has 328 valence electrons. The second kappa shape index (κ2) is 17.7. The quantitative estimate of drug-likeness (QED) is 0.136. The van der Waals surface area contributed by atoms with Crippen molar-refractivity contribution in [1.29, 1.82) is 0 Å². The van der Waals surface area contributed by atoms with Crippen LogP contribution in [0.25, 0.3) is 126 Å². The van der Waals surface area contributed by atoms with Gasteiger partial charge in [0.1, 0.15) is 0 Å². The maximum atomic E-state index is 2.37. The van der Waals surface area contributed by atoms with E-state index in [0.29, 0.717) is 0 Å². The van der Waals surface area contributed by atoms with Crippen LogP contribution in [0.5, 0.6) is 0 Å². The third-order valence-corrected chi connectivity index (χ3v) is 15.1. The number of benzene rings is 11. The topological polar surface area (TPSA) is 4.93 Å². The molecule has 0 bridgehead atoms. The average molecular weight is 908 g/mol. The molecule has 13 rings (SSSR count). The normalized spacial score (nSPS) is 11.4. The van der Waals surface area contributed by atoms with Crippen LogP contribution in [0.4, 0.5) is 0 Å². The molecule has 13 aromatic rings. The van der Waals surface area contributed by atoms with E-state index in [-0.39, 0.29) is 0 Å². The highest BCUT2D eigenvalue weighted by Gasteiger charge is 2.16. The summed E-state index contributed by atoms with van der Waals surface area (Å²) >= 11 is 1.87. The van der Waals surface area contributed by atoms with E-state index >= 15 is 0 Å². The molecule has 0 aliphatic rings. The molecule has 2 aromatic heterocycles. The predicted molar refractivity (Wildman–Crippen MR) is 300 cm³/mol. The molecule has 0 aliphatic carbocycles. The van der Waals surface area contributed by atoms with Gasteiger partial charge in [-0.15, -0.1) is 11.3 Å². The van der Waals surface area contributed by atoms with Crippen molar-refractivity contribution < 1.29 is 0 Å². The summed E-state index contributed by atoms with van der Waals surface area (Å²) in [5, 5.41) is 3.83. The van der Waals surface area contributed by atoms with E-state index in [1.807, 2.05) is 11.3 Å². The second-order valence-corrected chi connectivity index (χ2v) is 19.2. The van der Waals surface area contributed by atoms with Gasteiger partial charge in [0.15, 0.2) is 0 Å². The first-order valence-corrected chi connectivity index (χ1v) is 24.8. The largest absolute Gasteiger partial charge is 0.316 e. The first kappa shape index (κ1) is 41.4. The van der Waals surface area contributed by atoms with Gasteiger partial charge in [-0.3, -0.25) is 0 Å². The number of nitrogens with zero attached hydrogens (tertiary/aromatic N) is 1. The van der Waals surface area contributed by atoms with Crippen LogP contribution in [0, 0.1) is 0 Å². The van der Waals surface area contributed by atoms with Crippen LogP contribution in [-0.4, -0.2) is 4.57 Å². The van der Waals surface area contributed by atoms with E-state index in [1.54, 1.807) is 0 Å². The molecule has 0 spiro atoms. The third-order valence-electron chi connectivity index (χ3n) is 13.9. The fourth-order valence-corrected chi connectivity index (χ4v) is 11.2. The van der Waals surface area contributed by atoms with Crippen molar-refractivity contribution in [2.24, 2.45) is 0 Å². The van der Waals surface area contributed by atoms with Gasteiger partial charge in [0.2, 0.25) is 0 Å². The Kier molecular flexibility index (Phi) is 10.5. The van der Waals surface area contributed by atoms with Gasteiger partial charge < -0.3 is 4.57 Å². The lowest BCUT2D eigenvalue weighted by Gasteiger charge is -2.10. The van der Waals surface area contributed by atoms with Crippen LogP contribution in [0.1, 0.15) is 0 Å². The highest BCUT2D eigenvalue weighted by molar-refractivity contribution is 7.25. The molecule has 0 saturated heterocycles. The van der Waals surface area contributed by atoms with E-state index < -0.39 is 0 Å². The Morgan fingerprint density at radius 2 is 0.514 bits per heavy atom. The zero-order valence-electron chi connectivity index (χ0n) is 38.3. The van der Waals surface area contributed by atoms with Crippen molar-refractivity contribution in [1.82, 2.24) is 4.57 Å². The number of rotatable bonds is 9. The van der Waals surface area contributed by atoms with Gasteiger partial charge in [0.05, 0.1) is 5.52 Å². The SMILES string of the molecule is c1ccc(-c2ccc(-c3ccc(-c4ccc5c(c4)c(-c4ccc(-c6ccc(-c7ccccc7)cc6)cc4)cn5-c4ccc(-c5ccc6sc7ccc(-c8ccccc8)cc7c6c5)cc4)cc3)cc2)cc1. The summed E-state index contributed by atoms with van der Waals surface area (Å²) in [6.45, 7) is 0. The first-order valence-electron chi connectivity index (χ1n) is 24.0. The van der Waals surface area contributed by atoms with Crippen molar-refractivity contribution in [2.45, 2.75) is 0 Å². The minimum atomic E-state index is 1.13. The molecule has 0 unspecified atom stereocenters. The van der Waals surface area contributed by atoms with Gasteiger partial charge in [-0.05, 0) is 132 Å². The van der Waals surface area contributed by atoms with Gasteiger partial charge in [0, 0.05) is 43.0 Å². The Balaban J connectivity index is 0.844. The van der Waals surface area contributed by atoms with Crippen LogP contribution in [0.2, 0.25) is 0 Å². The monoisotopic (exact) mass is 907 g/mol. The first-order chi connectivity index (χ1) is 34.6. The van der Waals surface area contributed by atoms with Crippen molar-refractivity contribution in [3.63, 3.8) is 0 Å². The summed E-state index contributed by atoms with van der Waals surface area (Å²) in [6, 6.07) is 97.5. The van der Waals surface area contributed by atoms with Crippen LogP contribution >= 0.6 is 11.3 Å². The zero-order chi connectivity index (χ0) is 46.4. The molecular formula is C68H45NS. The van der Waals surface area contributed by atoms with Crippen LogP contribution in [-0.2, 0) is 0 Å². The molecule has 2 heterocycles. The lowest BCUT2D eigenvalue weighted by molar-refractivity contribution is 1.13. The minimum absolute atomic E-state index is 1.13. The van der Waals surface area contributed by atoms with Crippen LogP contribution in [0.15, 0.2) is 273 Å². The zero-order valence-corrected chi connectivity index (χ0v) is 39.2. The van der Waals surface area contributed by atoms with E-state index in [9.17, 15) is 0 Å². The summed E-state index contributed by atoms with van der Waals surface area (Å²) in [6.07, 6.45) is 2.32. The number of hydrogen-bond acceptors (Lipinski definition) is 1. The molecular weight excluding hydrogens is 863 g/mol. The summed E-state index contributed by atoms with van der Waals surface area (Å²) in [5.74, 6) is 0. The molecule has 11 aromatic carbocycles. The number of fused-ring (bicyclic) bond motifs is 4. The van der Waals surface area contributed by atoms with Crippen molar-refractivity contribution >= 4 is 42.4 Å². The highest BCUT2D eigenvalue weighted by atomic mass is 32.1. The van der Waals surface area contributed by atoms with Gasteiger partial charge in [-0.25, -0.2) is 0 Å². The van der Waals surface area contributed by atoms with Gasteiger partial charge in [-0.2, -0.15) is 0 Å². The lowest BCUT2D eigenvalue weighted by Crippen LogP contribution is -1.92. The maximum Gasteiger partial charge on any atom is 0.0535 e. The Morgan fingerprint density at radius 1 is 0.229 bits per heavy atom. The molecule has 0 aliphatic heterocycles. The summed E-state index contributed by atoms with van der Waals surface area (Å²) < 4.78 is 4.98. The van der Waals surface area contributed by atoms with Gasteiger partial charge in [-0.1, -0.05) is 218 Å². The van der Waals surface area contributed by atoms with E-state index in [0.717, 1.165) is 5.69 Å². The van der Waals surface area contributed by atoms with Crippen molar-refractivity contribution in [3.05, 3.63) is 273 Å². The highest BCUT2D eigenvalue weighted by Crippen LogP contribution is 2.41. The molecule has 70 heavy (non-hydrogen) atoms. The van der Waals surface area contributed by atoms with Crippen molar-refractivity contribution in [2.75, 3.05) is 0 Å². The number of aromatic nitrogens is 1. The average Bonchev–Trinajstić information content (AvgIpc) is 4.02. The molecule has 2 heteroatoms. The molecule has 0 atom stereocenters. The third kappa shape index (κ3) is 7.81. The Morgan fingerprint density at radius 3 is 0.914 bits per heavy atom. The lowest BCUT2D eigenvalue weighted by atomic mass is 9.96. The Labute approximate surface area is 412 Å². The summed E-state index contributed by atoms with van der Waals surface area (Å²) in [7, 11) is 0. The maximum absolute atomic E-state index is 2.37. The predicted octanol–water partition coefficient (Wildman–Crippen LogP) is 19.3. The Bertz CT molecular complexity index is 3960. The smallest absolute Gasteiger partial charge is 0.0535 e. The number of hydrogen-bond donors (Lipinski definition) is 0. The second-order valence-electron chi connectivity index (χ2n) is 18.1. The van der Waals surface area contributed by atoms with Gasteiger partial charge in [0.25, 0.3) is 0 Å². The van der Waals surface area contributed by atoms with E-state index in [4.69, 9.17) is 0 Å². The summed E-state index contributed by atoms with van der Waals surface area (Å²) in [4.78, 5) is 0. The van der Waals surface area contributed by atoms with Crippen LogP contribution in [0.3, 0.4) is 0 Å². The fraction of sp³-hybridized carbons (Fsp3) is 0. The van der Waals surface area contributed by atoms with E-state index in [1.165, 1.54) is 120 Å². The molecule has 0 fully saturated rings. The fourth-order valence-electron chi connectivity index (χ4n) is 10.1. The van der Waals surface area contributed by atoms with Crippen LogP contribution < -0.4 is 0 Å². The molecule has 0 amide bonds. The summed E-state index contributed by atoms with van der Waals surface area (Å²) in [5.41, 5.74) is 21.7. The number of thiophene rings is 1. The molecule has 0 saturated carbocycles. The molecule has 0 radical (unpaired) electrons. The minimum Gasteiger partial charge on any atom is -0.316 e. The molecule has 1 nitrogen and oxygen atoms in total. The standard InChI is InChI=1S/C68H45NS/c1-4-10-46(11-5-1)49-16-20-51(21-17-49)53-24-26-55(27-25-53)58-34-39-66-62(42-58)65(57-30-28-54(29-31-57)52-22-18-50(19-23-52)47-12-6-2-7-13-47)45-69(66)61-37-32-56(33-38-61)60-36-41-68-64(44-60)63-43-59(35-40-67(63)70-68)48-14-8-3-9-15-48/h1-45H. The van der Waals surface area contributed by atoms with E-state index in [2.05, 4.69) is 278 Å². The molecule has 0 N–H and O–H groups in total. The van der Waals surface area contributed by atoms with Crippen molar-refractivity contribution in [3.8, 4) is 94.7 Å². The van der Waals surface area contributed by atoms with Gasteiger partial charge >= 0.3 is 0 Å². The Hall–Kier alpha value is -8.82.